The predicted molar refractivity (Wildman–Crippen MR) is 90.0 cm³/mol. The molecule has 1 aliphatic rings. The number of piperidine rings is 1. The van der Waals surface area contributed by atoms with Crippen LogP contribution < -0.4 is 10.6 Å². The monoisotopic (exact) mass is 333 g/mol. The van der Waals surface area contributed by atoms with Crippen molar-refractivity contribution in [3.8, 4) is 0 Å². The van der Waals surface area contributed by atoms with Crippen LogP contribution >= 0.6 is 11.6 Å². The molecule has 1 aromatic heterocycles. The molecular weight excluding hydrogens is 314 g/mol. The molecule has 1 aromatic carbocycles. The number of nitrogens with zero attached hydrogens (tertiary/aromatic N) is 3. The quantitative estimate of drug-likeness (QED) is 0.905. The van der Waals surface area contributed by atoms with Crippen molar-refractivity contribution in [2.75, 3.05) is 18.4 Å². The number of anilines is 1. The van der Waals surface area contributed by atoms with E-state index in [2.05, 4.69) is 20.7 Å². The molecule has 0 saturated carbocycles. The van der Waals surface area contributed by atoms with Gasteiger partial charge in [0.05, 0.1) is 10.6 Å². The molecule has 2 heterocycles. The van der Waals surface area contributed by atoms with Gasteiger partial charge in [0.1, 0.15) is 0 Å². The molecule has 2 aromatic rings. The van der Waals surface area contributed by atoms with E-state index in [0.717, 1.165) is 37.3 Å². The highest BCUT2D eigenvalue weighted by atomic mass is 35.5. The van der Waals surface area contributed by atoms with Gasteiger partial charge >= 0.3 is 0 Å². The Balaban J connectivity index is 1.78. The van der Waals surface area contributed by atoms with Crippen LogP contribution in [0.3, 0.4) is 0 Å². The minimum absolute atomic E-state index is 0.272. The van der Waals surface area contributed by atoms with Gasteiger partial charge in [0.15, 0.2) is 5.82 Å². The number of benzene rings is 1. The van der Waals surface area contributed by atoms with Gasteiger partial charge < -0.3 is 5.32 Å². The van der Waals surface area contributed by atoms with Gasteiger partial charge in [-0.2, -0.15) is 10.1 Å². The Morgan fingerprint density at radius 2 is 2.13 bits per heavy atom. The van der Waals surface area contributed by atoms with Gasteiger partial charge in [0, 0.05) is 13.0 Å². The Labute approximate surface area is 140 Å². The second-order valence-electron chi connectivity index (χ2n) is 5.83. The molecule has 0 bridgehead atoms. The summed E-state index contributed by atoms with van der Waals surface area (Å²) < 4.78 is 1.61. The first-order valence-corrected chi connectivity index (χ1v) is 8.12. The van der Waals surface area contributed by atoms with Crippen LogP contribution in [0.25, 0.3) is 0 Å². The fourth-order valence-electron chi connectivity index (χ4n) is 2.76. The van der Waals surface area contributed by atoms with Gasteiger partial charge in [-0.15, -0.1) is 0 Å². The highest BCUT2D eigenvalue weighted by Crippen LogP contribution is 2.24. The average Bonchev–Trinajstić information content (AvgIpc) is 2.92. The SMILES string of the molecule is Cc1cccc(C(=O)Nc2nc(C3CCNCC3)nn2C)c1Cl. The van der Waals surface area contributed by atoms with E-state index >= 15 is 0 Å². The number of carbonyl (C=O) groups excluding carboxylic acids is 1. The summed E-state index contributed by atoms with van der Waals surface area (Å²) in [5.41, 5.74) is 1.31. The van der Waals surface area contributed by atoms with Gasteiger partial charge in [-0.05, 0) is 44.5 Å². The normalized spacial score (nSPS) is 15.6. The molecule has 1 aliphatic heterocycles. The standard InChI is InChI=1S/C16H20ClN5O/c1-10-4-3-5-12(13(10)17)15(23)20-16-19-14(21-22(16)2)11-6-8-18-9-7-11/h3-5,11,18H,6-9H2,1-2H3,(H,19,20,21,23). The lowest BCUT2D eigenvalue weighted by Gasteiger charge is -2.19. The first-order chi connectivity index (χ1) is 11.1. The number of halogens is 1. The van der Waals surface area contributed by atoms with Crippen molar-refractivity contribution in [3.05, 3.63) is 40.2 Å². The first-order valence-electron chi connectivity index (χ1n) is 7.74. The number of hydrogen-bond acceptors (Lipinski definition) is 4. The summed E-state index contributed by atoms with van der Waals surface area (Å²) in [5, 5.41) is 11.0. The second kappa shape index (κ2) is 6.68. The lowest BCUT2D eigenvalue weighted by molar-refractivity contribution is 0.102. The minimum atomic E-state index is -0.272. The van der Waals surface area contributed by atoms with E-state index in [0.29, 0.717) is 22.5 Å². The minimum Gasteiger partial charge on any atom is -0.317 e. The number of carbonyl (C=O) groups is 1. The zero-order chi connectivity index (χ0) is 16.4. The molecule has 23 heavy (non-hydrogen) atoms. The lowest BCUT2D eigenvalue weighted by Crippen LogP contribution is -2.27. The molecule has 0 spiro atoms. The molecule has 0 aliphatic carbocycles. The van der Waals surface area contributed by atoms with E-state index in [4.69, 9.17) is 11.6 Å². The Morgan fingerprint density at radius 1 is 1.39 bits per heavy atom. The number of aromatic nitrogens is 3. The number of hydrogen-bond donors (Lipinski definition) is 2. The number of amides is 1. The molecule has 0 radical (unpaired) electrons. The van der Waals surface area contributed by atoms with Crippen LogP contribution in [0.5, 0.6) is 0 Å². The zero-order valence-corrected chi connectivity index (χ0v) is 14.0. The van der Waals surface area contributed by atoms with E-state index in [1.807, 2.05) is 19.1 Å². The fourth-order valence-corrected chi connectivity index (χ4v) is 2.97. The molecular formula is C16H20ClN5O. The maximum absolute atomic E-state index is 12.4. The van der Waals surface area contributed by atoms with Crippen molar-refractivity contribution < 1.29 is 4.79 Å². The molecule has 0 atom stereocenters. The Morgan fingerprint density at radius 3 is 2.87 bits per heavy atom. The summed E-state index contributed by atoms with van der Waals surface area (Å²) in [6.07, 6.45) is 2.03. The average molecular weight is 334 g/mol. The van der Waals surface area contributed by atoms with E-state index in [1.165, 1.54) is 0 Å². The van der Waals surface area contributed by atoms with Crippen LogP contribution in [0, 0.1) is 6.92 Å². The summed E-state index contributed by atoms with van der Waals surface area (Å²) in [5.74, 6) is 1.31. The molecule has 1 amide bonds. The maximum Gasteiger partial charge on any atom is 0.259 e. The summed E-state index contributed by atoms with van der Waals surface area (Å²) in [6.45, 7) is 3.82. The van der Waals surface area contributed by atoms with Crippen LogP contribution in [-0.2, 0) is 7.05 Å². The van der Waals surface area contributed by atoms with Gasteiger partial charge in [-0.1, -0.05) is 23.7 Å². The zero-order valence-electron chi connectivity index (χ0n) is 13.3. The van der Waals surface area contributed by atoms with Crippen molar-refractivity contribution in [3.63, 3.8) is 0 Å². The Bertz CT molecular complexity index is 721. The first kappa shape index (κ1) is 16.0. The highest BCUT2D eigenvalue weighted by Gasteiger charge is 2.22. The molecule has 0 unspecified atom stereocenters. The summed E-state index contributed by atoms with van der Waals surface area (Å²) >= 11 is 6.21. The van der Waals surface area contributed by atoms with Crippen LogP contribution in [-0.4, -0.2) is 33.8 Å². The molecule has 3 rings (SSSR count). The molecule has 2 N–H and O–H groups in total. The number of aryl methyl sites for hydroxylation is 2. The third-order valence-electron chi connectivity index (χ3n) is 4.15. The molecule has 6 nitrogen and oxygen atoms in total. The van der Waals surface area contributed by atoms with Crippen molar-refractivity contribution in [2.45, 2.75) is 25.7 Å². The van der Waals surface area contributed by atoms with Gasteiger partial charge in [-0.25, -0.2) is 4.68 Å². The molecule has 1 fully saturated rings. The third-order valence-corrected chi connectivity index (χ3v) is 4.65. The summed E-state index contributed by atoms with van der Waals surface area (Å²) in [7, 11) is 1.78. The predicted octanol–water partition coefficient (Wildman–Crippen LogP) is 2.50. The van der Waals surface area contributed by atoms with Crippen LogP contribution in [0.1, 0.15) is 40.5 Å². The van der Waals surface area contributed by atoms with Crippen LogP contribution in [0.4, 0.5) is 5.95 Å². The highest BCUT2D eigenvalue weighted by molar-refractivity contribution is 6.35. The van der Waals surface area contributed by atoms with Crippen molar-refractivity contribution >= 4 is 23.5 Å². The third kappa shape index (κ3) is 3.38. The van der Waals surface area contributed by atoms with Crippen LogP contribution in [0.2, 0.25) is 5.02 Å². The number of nitrogens with one attached hydrogen (secondary N) is 2. The maximum atomic E-state index is 12.4. The van der Waals surface area contributed by atoms with Crippen molar-refractivity contribution in [1.82, 2.24) is 20.1 Å². The summed E-state index contributed by atoms with van der Waals surface area (Å²) in [6, 6.07) is 5.39. The Kier molecular flexibility index (Phi) is 4.63. The second-order valence-corrected chi connectivity index (χ2v) is 6.21. The van der Waals surface area contributed by atoms with Crippen molar-refractivity contribution in [2.24, 2.45) is 7.05 Å². The van der Waals surface area contributed by atoms with Gasteiger partial charge in [0.25, 0.3) is 5.91 Å². The number of rotatable bonds is 3. The van der Waals surface area contributed by atoms with Gasteiger partial charge in [-0.3, -0.25) is 10.1 Å². The molecule has 7 heteroatoms. The summed E-state index contributed by atoms with van der Waals surface area (Å²) in [4.78, 5) is 16.9. The Hall–Kier alpha value is -1.92. The topological polar surface area (TPSA) is 71.8 Å². The van der Waals surface area contributed by atoms with Crippen LogP contribution in [0.15, 0.2) is 18.2 Å². The van der Waals surface area contributed by atoms with E-state index < -0.39 is 0 Å². The van der Waals surface area contributed by atoms with Crippen molar-refractivity contribution in [1.29, 1.82) is 0 Å². The van der Waals surface area contributed by atoms with E-state index in [1.54, 1.807) is 17.8 Å². The van der Waals surface area contributed by atoms with Gasteiger partial charge in [0.2, 0.25) is 5.95 Å². The van der Waals surface area contributed by atoms with E-state index in [9.17, 15) is 4.79 Å². The fraction of sp³-hybridized carbons (Fsp3) is 0.438. The van der Waals surface area contributed by atoms with E-state index in [-0.39, 0.29) is 5.91 Å². The largest absolute Gasteiger partial charge is 0.317 e. The smallest absolute Gasteiger partial charge is 0.259 e. The lowest BCUT2D eigenvalue weighted by atomic mass is 9.98. The molecule has 1 saturated heterocycles. The molecule has 122 valence electrons.